The highest BCUT2D eigenvalue weighted by molar-refractivity contribution is 7.46. The first-order chi connectivity index (χ1) is 17.7. The van der Waals surface area contributed by atoms with Crippen LogP contribution in [0.1, 0.15) is 59.4 Å². The van der Waals surface area contributed by atoms with Crippen molar-refractivity contribution >= 4 is 19.7 Å². The minimum atomic E-state index is -4.68. The summed E-state index contributed by atoms with van der Waals surface area (Å²) in [7, 11) is -4.68. The van der Waals surface area contributed by atoms with Gasteiger partial charge in [-0.15, -0.1) is 0 Å². The number of carbonyl (C=O) groups is 2. The molecule has 8 nitrogen and oxygen atoms in total. The second kappa shape index (κ2) is 13.6. The van der Waals surface area contributed by atoms with Gasteiger partial charge in [-0.25, -0.2) is 9.36 Å². The highest BCUT2D eigenvalue weighted by Gasteiger charge is 2.26. The molecular weight excluding hydrogens is 505 g/mol. The standard InChI is InChI=1S/C29H38NO7P/c1-20(11-16-25-22(3)10-7-17-29(25,4)5)8-6-9-21(2)18-27(31)30-26(28(32)33)19-23-12-14-24(15-13-23)37-38(34,35)36/h6,8-9,11-16,18,26H,7,10,17,19H2,1-5H3,(H,30,31)(H,32,33)(H2,34,35,36)/b9-6+,16-11+,20-8+,21-18-/t26-/m1/s1. The fourth-order valence-electron chi connectivity index (χ4n) is 4.36. The Bertz CT molecular complexity index is 1210. The van der Waals surface area contributed by atoms with Crippen LogP contribution in [0.2, 0.25) is 0 Å². The summed E-state index contributed by atoms with van der Waals surface area (Å²) < 4.78 is 15.4. The summed E-state index contributed by atoms with van der Waals surface area (Å²) >= 11 is 0. The number of phosphoric acid groups is 1. The van der Waals surface area contributed by atoms with Crippen molar-refractivity contribution in [1.29, 1.82) is 0 Å². The predicted octanol–water partition coefficient (Wildman–Crippen LogP) is 5.80. The molecule has 0 saturated heterocycles. The molecule has 0 spiro atoms. The van der Waals surface area contributed by atoms with Gasteiger partial charge in [-0.1, -0.05) is 67.5 Å². The van der Waals surface area contributed by atoms with Gasteiger partial charge in [0.05, 0.1) is 0 Å². The van der Waals surface area contributed by atoms with E-state index in [0.717, 1.165) is 12.0 Å². The first-order valence-corrected chi connectivity index (χ1v) is 14.0. The van der Waals surface area contributed by atoms with Crippen molar-refractivity contribution in [2.75, 3.05) is 0 Å². The van der Waals surface area contributed by atoms with Gasteiger partial charge in [-0.2, -0.15) is 0 Å². The number of carboxylic acid groups (broad SMARTS) is 1. The van der Waals surface area contributed by atoms with E-state index in [9.17, 15) is 19.3 Å². The molecule has 0 aromatic heterocycles. The lowest BCUT2D eigenvalue weighted by Crippen LogP contribution is -2.41. The Hall–Kier alpha value is -3.19. The van der Waals surface area contributed by atoms with Crippen LogP contribution in [-0.4, -0.2) is 32.8 Å². The first-order valence-electron chi connectivity index (χ1n) is 12.5. The number of rotatable bonds is 11. The zero-order valence-corrected chi connectivity index (χ0v) is 23.5. The highest BCUT2D eigenvalue weighted by Crippen LogP contribution is 2.41. The number of hydrogen-bond donors (Lipinski definition) is 4. The van der Waals surface area contributed by atoms with Crippen molar-refractivity contribution in [3.05, 3.63) is 88.6 Å². The van der Waals surface area contributed by atoms with Gasteiger partial charge in [0.25, 0.3) is 0 Å². The minimum Gasteiger partial charge on any atom is -0.480 e. The third-order valence-corrected chi connectivity index (χ3v) is 6.78. The lowest BCUT2D eigenvalue weighted by Gasteiger charge is -2.32. The van der Waals surface area contributed by atoms with E-state index in [4.69, 9.17) is 9.79 Å². The fraction of sp³-hybridized carbons (Fsp3) is 0.379. The molecule has 1 aliphatic carbocycles. The summed E-state index contributed by atoms with van der Waals surface area (Å²) in [6.45, 7) is 10.5. The number of hydrogen-bond acceptors (Lipinski definition) is 4. The topological polar surface area (TPSA) is 133 Å². The quantitative estimate of drug-likeness (QED) is 0.157. The van der Waals surface area contributed by atoms with Gasteiger partial charge in [0.2, 0.25) is 5.91 Å². The molecule has 206 valence electrons. The predicted molar refractivity (Wildman–Crippen MR) is 149 cm³/mol. The molecule has 0 radical (unpaired) electrons. The van der Waals surface area contributed by atoms with E-state index in [1.165, 1.54) is 54.3 Å². The Morgan fingerprint density at radius 2 is 1.79 bits per heavy atom. The van der Waals surface area contributed by atoms with Gasteiger partial charge >= 0.3 is 13.8 Å². The summed E-state index contributed by atoms with van der Waals surface area (Å²) in [6, 6.07) is 4.42. The van der Waals surface area contributed by atoms with E-state index in [-0.39, 0.29) is 17.6 Å². The van der Waals surface area contributed by atoms with E-state index >= 15 is 0 Å². The number of allylic oxidation sites excluding steroid dienone is 9. The van der Waals surface area contributed by atoms with Crippen LogP contribution < -0.4 is 9.84 Å². The molecule has 4 N–H and O–H groups in total. The Balaban J connectivity index is 1.97. The van der Waals surface area contributed by atoms with Crippen molar-refractivity contribution < 1.29 is 33.6 Å². The number of carbonyl (C=O) groups excluding carboxylic acids is 1. The number of phosphoric ester groups is 1. The Morgan fingerprint density at radius 3 is 2.37 bits per heavy atom. The van der Waals surface area contributed by atoms with Crippen LogP contribution in [0, 0.1) is 5.41 Å². The zero-order valence-electron chi connectivity index (χ0n) is 22.6. The van der Waals surface area contributed by atoms with Crippen molar-refractivity contribution in [3.8, 4) is 5.75 Å². The van der Waals surface area contributed by atoms with Gasteiger partial charge in [0, 0.05) is 12.5 Å². The third-order valence-electron chi connectivity index (χ3n) is 6.33. The van der Waals surface area contributed by atoms with Crippen LogP contribution in [0.15, 0.2) is 83.0 Å². The number of nitrogens with one attached hydrogen (secondary N) is 1. The molecule has 0 unspecified atom stereocenters. The average Bonchev–Trinajstić information content (AvgIpc) is 2.78. The molecule has 1 aromatic carbocycles. The Morgan fingerprint density at radius 1 is 1.13 bits per heavy atom. The maximum absolute atomic E-state index is 12.4. The van der Waals surface area contributed by atoms with E-state index < -0.39 is 25.7 Å². The maximum Gasteiger partial charge on any atom is 0.524 e. The molecule has 0 fully saturated rings. The summed E-state index contributed by atoms with van der Waals surface area (Å²) in [4.78, 5) is 41.8. The van der Waals surface area contributed by atoms with Gasteiger partial charge < -0.3 is 14.9 Å². The van der Waals surface area contributed by atoms with Crippen molar-refractivity contribution in [1.82, 2.24) is 5.32 Å². The van der Waals surface area contributed by atoms with Crippen LogP contribution in [0.3, 0.4) is 0 Å². The van der Waals surface area contributed by atoms with Crippen LogP contribution >= 0.6 is 7.82 Å². The van der Waals surface area contributed by atoms with E-state index in [1.54, 1.807) is 13.0 Å². The van der Waals surface area contributed by atoms with Crippen LogP contribution in [0.4, 0.5) is 0 Å². The number of aliphatic carboxylic acids is 1. The Kier molecular flexibility index (Phi) is 11.1. The molecule has 0 bridgehead atoms. The molecule has 2 rings (SSSR count). The molecule has 1 aliphatic rings. The molecule has 1 atom stereocenters. The minimum absolute atomic E-state index is 0.0129. The van der Waals surface area contributed by atoms with E-state index in [2.05, 4.69) is 42.8 Å². The van der Waals surface area contributed by atoms with Gasteiger partial charge in [0.1, 0.15) is 11.8 Å². The third kappa shape index (κ3) is 10.7. The van der Waals surface area contributed by atoms with Gasteiger partial charge in [-0.3, -0.25) is 14.6 Å². The summed E-state index contributed by atoms with van der Waals surface area (Å²) in [6.07, 6.45) is 14.8. The lowest BCUT2D eigenvalue weighted by atomic mass is 9.72. The second-order valence-corrected chi connectivity index (χ2v) is 11.4. The van der Waals surface area contributed by atoms with Crippen LogP contribution in [-0.2, 0) is 20.6 Å². The van der Waals surface area contributed by atoms with Crippen LogP contribution in [0.25, 0.3) is 0 Å². The number of amides is 1. The molecule has 0 heterocycles. The van der Waals surface area contributed by atoms with Gasteiger partial charge in [-0.05, 0) is 74.3 Å². The highest BCUT2D eigenvalue weighted by atomic mass is 31.2. The molecular formula is C29H38NO7P. The molecule has 9 heteroatoms. The van der Waals surface area contributed by atoms with E-state index in [0.29, 0.717) is 11.1 Å². The first kappa shape index (κ1) is 31.0. The monoisotopic (exact) mass is 543 g/mol. The largest absolute Gasteiger partial charge is 0.524 e. The van der Waals surface area contributed by atoms with E-state index in [1.807, 2.05) is 19.1 Å². The van der Waals surface area contributed by atoms with Crippen molar-refractivity contribution in [3.63, 3.8) is 0 Å². The summed E-state index contributed by atoms with van der Waals surface area (Å²) in [5, 5.41) is 12.0. The summed E-state index contributed by atoms with van der Waals surface area (Å²) in [5.74, 6) is -1.79. The van der Waals surface area contributed by atoms with Crippen LogP contribution in [0.5, 0.6) is 5.75 Å². The number of carboxylic acids is 1. The Labute approximate surface area is 224 Å². The normalized spacial score (nSPS) is 17.7. The second-order valence-electron chi connectivity index (χ2n) is 10.3. The average molecular weight is 544 g/mol. The van der Waals surface area contributed by atoms with Crippen molar-refractivity contribution in [2.45, 2.75) is 66.3 Å². The van der Waals surface area contributed by atoms with Gasteiger partial charge in [0.15, 0.2) is 0 Å². The molecule has 1 amide bonds. The SMILES string of the molecule is CC1=C(/C=C/C(C)=C/C=C/C(C)=C\C(=O)N[C@H](Cc2ccc(OP(=O)(O)O)cc2)C(=O)O)C(C)(C)CCC1. The lowest BCUT2D eigenvalue weighted by molar-refractivity contribution is -0.141. The molecule has 0 aliphatic heterocycles. The smallest absolute Gasteiger partial charge is 0.480 e. The zero-order chi connectivity index (χ0) is 28.5. The summed E-state index contributed by atoms with van der Waals surface area (Å²) in [5.41, 5.74) is 5.29. The maximum atomic E-state index is 12.4. The number of benzene rings is 1. The van der Waals surface area contributed by atoms with Crippen molar-refractivity contribution in [2.24, 2.45) is 5.41 Å². The molecule has 1 aromatic rings. The molecule has 38 heavy (non-hydrogen) atoms. The molecule has 0 saturated carbocycles. The fourth-order valence-corrected chi connectivity index (χ4v) is 4.76.